The predicted octanol–water partition coefficient (Wildman–Crippen LogP) is 2.52. The van der Waals surface area contributed by atoms with Crippen LogP contribution >= 0.6 is 0 Å². The van der Waals surface area contributed by atoms with Crippen LogP contribution in [-0.4, -0.2) is 30.1 Å². The number of hydrogen-bond donors (Lipinski definition) is 4. The van der Waals surface area contributed by atoms with Crippen molar-refractivity contribution in [2.24, 2.45) is 11.0 Å². The van der Waals surface area contributed by atoms with Crippen LogP contribution in [0, 0.1) is 17.9 Å². The second kappa shape index (κ2) is 7.08. The topological polar surface area (TPSA) is 98.4 Å². The highest BCUT2D eigenvalue weighted by Gasteiger charge is 2.43. The van der Waals surface area contributed by atoms with Gasteiger partial charge in [0.05, 0.1) is 11.8 Å². The fraction of sp³-hybridized carbons (Fsp3) is 0.174. The summed E-state index contributed by atoms with van der Waals surface area (Å²) in [5, 5.41) is 10.5. The minimum absolute atomic E-state index is 0.0392. The predicted molar refractivity (Wildman–Crippen MR) is 115 cm³/mol. The van der Waals surface area contributed by atoms with Gasteiger partial charge in [0.15, 0.2) is 0 Å². The lowest BCUT2D eigenvalue weighted by Gasteiger charge is -2.08. The summed E-state index contributed by atoms with van der Waals surface area (Å²) in [7, 11) is 1.73. The van der Waals surface area contributed by atoms with Gasteiger partial charge in [-0.25, -0.2) is 5.43 Å². The average molecular weight is 397 g/mol. The van der Waals surface area contributed by atoms with Crippen LogP contribution in [0.15, 0.2) is 47.6 Å². The molecule has 0 bridgehead atoms. The van der Waals surface area contributed by atoms with Crippen molar-refractivity contribution < 1.29 is 9.59 Å². The van der Waals surface area contributed by atoms with E-state index in [-0.39, 0.29) is 23.7 Å². The number of hydrazone groups is 1. The van der Waals surface area contributed by atoms with Crippen LogP contribution in [0.1, 0.15) is 39.5 Å². The molecule has 7 heteroatoms. The van der Waals surface area contributed by atoms with Crippen molar-refractivity contribution >= 4 is 34.6 Å². The lowest BCUT2D eigenvalue weighted by atomic mass is 10.0. The quantitative estimate of drug-likeness (QED) is 0.404. The molecule has 2 amide bonds. The number of benzene rings is 2. The van der Waals surface area contributed by atoms with E-state index in [0.29, 0.717) is 16.9 Å². The van der Waals surface area contributed by atoms with Crippen LogP contribution < -0.4 is 16.1 Å². The molecule has 4 N–H and O–H groups in total. The fourth-order valence-electron chi connectivity index (χ4n) is 3.97. The van der Waals surface area contributed by atoms with Gasteiger partial charge in [-0.05, 0) is 36.0 Å². The van der Waals surface area contributed by atoms with Crippen LogP contribution in [0.3, 0.4) is 0 Å². The van der Waals surface area contributed by atoms with Gasteiger partial charge >= 0.3 is 0 Å². The minimum atomic E-state index is -0.327. The Kier molecular flexibility index (Phi) is 4.25. The summed E-state index contributed by atoms with van der Waals surface area (Å²) >= 11 is 0. The summed E-state index contributed by atoms with van der Waals surface area (Å²) in [6, 6.07) is 16.4. The fourth-order valence-corrected chi connectivity index (χ4v) is 3.97. The maximum absolute atomic E-state index is 12.8. The van der Waals surface area contributed by atoms with E-state index in [1.165, 1.54) is 5.56 Å². The van der Waals surface area contributed by atoms with E-state index in [4.69, 9.17) is 0 Å². The van der Waals surface area contributed by atoms with Crippen LogP contribution in [0.4, 0.5) is 5.69 Å². The van der Waals surface area contributed by atoms with Crippen molar-refractivity contribution in [2.75, 3.05) is 12.4 Å². The van der Waals surface area contributed by atoms with Gasteiger partial charge < -0.3 is 15.6 Å². The molecule has 1 fully saturated rings. The zero-order valence-electron chi connectivity index (χ0n) is 16.2. The van der Waals surface area contributed by atoms with E-state index >= 15 is 0 Å². The second-order valence-corrected chi connectivity index (χ2v) is 7.41. The third-order valence-corrected chi connectivity index (χ3v) is 5.48. The van der Waals surface area contributed by atoms with Gasteiger partial charge in [0.25, 0.3) is 5.91 Å². The number of nitrogens with one attached hydrogen (secondary N) is 4. The first-order valence-electron chi connectivity index (χ1n) is 9.72. The largest absolute Gasteiger partial charge is 0.349 e. The molecule has 2 atom stereocenters. The molecule has 5 rings (SSSR count). The number of carbonyl (C=O) groups is 2. The minimum Gasteiger partial charge on any atom is -0.349 e. The lowest BCUT2D eigenvalue weighted by molar-refractivity contribution is -0.117. The van der Waals surface area contributed by atoms with Crippen LogP contribution in [-0.2, 0) is 4.79 Å². The number of amides is 2. The number of carbonyl (C=O) groups excluding carboxylic acids is 2. The third-order valence-electron chi connectivity index (χ3n) is 5.48. The molecule has 0 radical (unpaired) electrons. The van der Waals surface area contributed by atoms with Gasteiger partial charge in [-0.3, -0.25) is 9.59 Å². The van der Waals surface area contributed by atoms with Gasteiger partial charge in [-0.1, -0.05) is 30.3 Å². The Labute approximate surface area is 172 Å². The molecule has 2 heterocycles. The molecular weight excluding hydrogens is 378 g/mol. The van der Waals surface area contributed by atoms with E-state index in [1.54, 1.807) is 19.3 Å². The molecule has 2 unspecified atom stereocenters. The normalized spacial score (nSPS) is 18.8. The van der Waals surface area contributed by atoms with Crippen molar-refractivity contribution in [3.05, 3.63) is 64.8 Å². The van der Waals surface area contributed by atoms with E-state index < -0.39 is 0 Å². The molecule has 1 aliphatic heterocycles. The Bertz CT molecular complexity index is 1260. The SMILES string of the molecule is CNC#Cc1[nH]c2cc(NC(=O)C3CC3c3ccccc3)cc3c2c1C=NNC3=O. The number of hydrogen-bond acceptors (Lipinski definition) is 4. The highest BCUT2D eigenvalue weighted by molar-refractivity contribution is 6.16. The van der Waals surface area contributed by atoms with Gasteiger partial charge in [0, 0.05) is 41.2 Å². The van der Waals surface area contributed by atoms with Gasteiger partial charge in [-0.15, -0.1) is 0 Å². The van der Waals surface area contributed by atoms with Crippen LogP contribution in [0.2, 0.25) is 0 Å². The van der Waals surface area contributed by atoms with Crippen LogP contribution in [0.5, 0.6) is 0 Å². The maximum Gasteiger partial charge on any atom is 0.272 e. The molecule has 148 valence electrons. The molecule has 7 nitrogen and oxygen atoms in total. The number of rotatable bonds is 3. The Morgan fingerprint density at radius 3 is 2.87 bits per heavy atom. The molecule has 2 aromatic carbocycles. The monoisotopic (exact) mass is 397 g/mol. The molecule has 0 spiro atoms. The molecule has 3 aromatic rings. The molecule has 0 saturated heterocycles. The molecule has 30 heavy (non-hydrogen) atoms. The van der Waals surface area contributed by atoms with E-state index in [9.17, 15) is 9.59 Å². The van der Waals surface area contributed by atoms with Gasteiger partial charge in [0.2, 0.25) is 5.91 Å². The number of nitrogens with zero attached hydrogens (tertiary/aromatic N) is 1. The highest BCUT2D eigenvalue weighted by Crippen LogP contribution is 2.48. The summed E-state index contributed by atoms with van der Waals surface area (Å²) in [5.74, 6) is 2.80. The lowest BCUT2D eigenvalue weighted by Crippen LogP contribution is -2.18. The first-order chi connectivity index (χ1) is 14.7. The van der Waals surface area contributed by atoms with E-state index in [2.05, 4.69) is 50.2 Å². The number of aromatic nitrogens is 1. The summed E-state index contributed by atoms with van der Waals surface area (Å²) in [6.45, 7) is 0. The van der Waals surface area contributed by atoms with Gasteiger partial charge in [-0.2, -0.15) is 5.10 Å². The average Bonchev–Trinajstić information content (AvgIpc) is 3.51. The standard InChI is InChI=1S/C23H19N5O2/c1-24-8-7-19-18-12-25-28-23(30)17-9-14(10-20(27-19)21(17)18)26-22(29)16-11-15(16)13-5-3-2-4-6-13/h2-6,9-10,12,15-16,24,27H,11H2,1H3,(H,26,29)(H,28,30). The van der Waals surface area contributed by atoms with Crippen molar-refractivity contribution in [3.63, 3.8) is 0 Å². The first-order valence-corrected chi connectivity index (χ1v) is 9.72. The van der Waals surface area contributed by atoms with Crippen LogP contribution in [0.25, 0.3) is 10.9 Å². The molecule has 1 aromatic heterocycles. The van der Waals surface area contributed by atoms with Gasteiger partial charge in [0.1, 0.15) is 5.69 Å². The highest BCUT2D eigenvalue weighted by atomic mass is 16.2. The Hall–Kier alpha value is -4.05. The molecule has 1 aliphatic carbocycles. The Morgan fingerprint density at radius 2 is 2.07 bits per heavy atom. The number of aromatic amines is 1. The molecule has 2 aliphatic rings. The zero-order valence-corrected chi connectivity index (χ0v) is 16.2. The second-order valence-electron chi connectivity index (χ2n) is 7.41. The van der Waals surface area contributed by atoms with Crippen molar-refractivity contribution in [2.45, 2.75) is 12.3 Å². The summed E-state index contributed by atoms with van der Waals surface area (Å²) < 4.78 is 0. The maximum atomic E-state index is 12.8. The Morgan fingerprint density at radius 1 is 1.23 bits per heavy atom. The van der Waals surface area contributed by atoms with E-state index in [0.717, 1.165) is 22.9 Å². The van der Waals surface area contributed by atoms with Crippen molar-refractivity contribution in [3.8, 4) is 12.0 Å². The summed E-state index contributed by atoms with van der Waals surface area (Å²) in [4.78, 5) is 28.6. The first kappa shape index (κ1) is 18.0. The number of anilines is 1. The molecular formula is C23H19N5O2. The summed E-state index contributed by atoms with van der Waals surface area (Å²) in [6.07, 6.45) is 2.41. The Balaban J connectivity index is 1.47. The van der Waals surface area contributed by atoms with Crippen molar-refractivity contribution in [1.82, 2.24) is 15.7 Å². The van der Waals surface area contributed by atoms with E-state index in [1.807, 2.05) is 24.3 Å². The smallest absolute Gasteiger partial charge is 0.272 e. The summed E-state index contributed by atoms with van der Waals surface area (Å²) in [5.41, 5.74) is 6.81. The molecule has 1 saturated carbocycles. The zero-order chi connectivity index (χ0) is 20.7. The number of H-pyrrole nitrogens is 1. The third kappa shape index (κ3) is 3.08. The van der Waals surface area contributed by atoms with Crippen molar-refractivity contribution in [1.29, 1.82) is 0 Å².